The molecule has 0 N–H and O–H groups in total. The van der Waals surface area contributed by atoms with Gasteiger partial charge in [0.2, 0.25) is 0 Å². The number of nitrogens with zero attached hydrogens (tertiary/aromatic N) is 1. The lowest BCUT2D eigenvalue weighted by molar-refractivity contribution is 0.110. The molecule has 2 rings (SSSR count). The molecular weight excluding hydrogens is 142 g/mol. The van der Waals surface area contributed by atoms with E-state index in [4.69, 9.17) is 0 Å². The van der Waals surface area contributed by atoms with Gasteiger partial charge in [-0.25, -0.2) is 4.79 Å². The fraction of sp³-hybridized carbons (Fsp3) is 0.875. The molecule has 2 atom stereocenters. The number of methoxy groups -OCH3 is 1. The Kier molecular flexibility index (Phi) is 1.51. The second-order valence-corrected chi connectivity index (χ2v) is 3.46. The zero-order valence-electron chi connectivity index (χ0n) is 6.75. The molecule has 1 amide bonds. The van der Waals surface area contributed by atoms with E-state index in [1.807, 2.05) is 4.90 Å². The molecule has 2 aliphatic rings. The van der Waals surface area contributed by atoms with Crippen molar-refractivity contribution in [1.82, 2.24) is 4.90 Å². The third-order valence-electron chi connectivity index (χ3n) is 2.82. The second kappa shape index (κ2) is 2.40. The summed E-state index contributed by atoms with van der Waals surface area (Å²) in [5.41, 5.74) is 0. The third kappa shape index (κ3) is 0.988. The number of amides is 1. The largest absolute Gasteiger partial charge is 0.453 e. The van der Waals surface area contributed by atoms with E-state index < -0.39 is 0 Å². The molecule has 1 saturated carbocycles. The molecule has 0 aromatic carbocycles. The van der Waals surface area contributed by atoms with Crippen LogP contribution < -0.4 is 0 Å². The van der Waals surface area contributed by atoms with Crippen molar-refractivity contribution >= 4 is 6.09 Å². The van der Waals surface area contributed by atoms with Gasteiger partial charge < -0.3 is 9.64 Å². The number of hydrogen-bond acceptors (Lipinski definition) is 2. The van der Waals surface area contributed by atoms with Crippen molar-refractivity contribution in [2.75, 3.05) is 13.7 Å². The molecule has 1 saturated heterocycles. The summed E-state index contributed by atoms with van der Waals surface area (Å²) in [5, 5.41) is 0. The number of likely N-dealkylation sites (tertiary alicyclic amines) is 1. The van der Waals surface area contributed by atoms with Crippen LogP contribution in [-0.4, -0.2) is 30.7 Å². The van der Waals surface area contributed by atoms with Gasteiger partial charge in [0.1, 0.15) is 0 Å². The van der Waals surface area contributed by atoms with Crippen molar-refractivity contribution in [1.29, 1.82) is 0 Å². The Morgan fingerprint density at radius 3 is 2.82 bits per heavy atom. The molecule has 62 valence electrons. The molecule has 0 radical (unpaired) electrons. The van der Waals surface area contributed by atoms with Crippen LogP contribution in [-0.2, 0) is 4.74 Å². The summed E-state index contributed by atoms with van der Waals surface area (Å²) in [7, 11) is 1.45. The lowest BCUT2D eigenvalue weighted by Gasteiger charge is -2.25. The van der Waals surface area contributed by atoms with E-state index in [-0.39, 0.29) is 6.09 Å². The smallest absolute Gasteiger partial charge is 0.409 e. The molecular formula is C8H13NO2. The highest BCUT2D eigenvalue weighted by Crippen LogP contribution is 2.37. The van der Waals surface area contributed by atoms with Gasteiger partial charge in [0.15, 0.2) is 0 Å². The number of carbonyl (C=O) groups is 1. The summed E-state index contributed by atoms with van der Waals surface area (Å²) in [5.74, 6) is 0.763. The van der Waals surface area contributed by atoms with Gasteiger partial charge in [-0.05, 0) is 25.2 Å². The van der Waals surface area contributed by atoms with Gasteiger partial charge in [0.25, 0.3) is 0 Å². The Balaban J connectivity index is 2.02. The van der Waals surface area contributed by atoms with Crippen LogP contribution in [0.2, 0.25) is 0 Å². The highest BCUT2D eigenvalue weighted by Gasteiger charge is 2.40. The molecule has 1 aliphatic carbocycles. The Morgan fingerprint density at radius 1 is 1.55 bits per heavy atom. The first-order valence-corrected chi connectivity index (χ1v) is 4.16. The lowest BCUT2D eigenvalue weighted by atomic mass is 10.1. The van der Waals surface area contributed by atoms with Crippen molar-refractivity contribution in [3.63, 3.8) is 0 Å². The first kappa shape index (κ1) is 6.95. The van der Waals surface area contributed by atoms with Crippen LogP contribution in [0.5, 0.6) is 0 Å². The van der Waals surface area contributed by atoms with Crippen LogP contribution in [0.4, 0.5) is 4.79 Å². The molecule has 11 heavy (non-hydrogen) atoms. The molecule has 2 bridgehead atoms. The van der Waals surface area contributed by atoms with Crippen molar-refractivity contribution in [2.45, 2.75) is 25.3 Å². The Bertz CT molecular complexity index is 181. The van der Waals surface area contributed by atoms with Crippen molar-refractivity contribution in [2.24, 2.45) is 5.92 Å². The maximum atomic E-state index is 11.1. The second-order valence-electron chi connectivity index (χ2n) is 3.46. The van der Waals surface area contributed by atoms with E-state index in [1.54, 1.807) is 0 Å². The minimum atomic E-state index is -0.141. The first-order chi connectivity index (χ1) is 5.31. The van der Waals surface area contributed by atoms with Gasteiger partial charge >= 0.3 is 6.09 Å². The van der Waals surface area contributed by atoms with Gasteiger partial charge in [0, 0.05) is 12.6 Å². The number of rotatable bonds is 0. The summed E-state index contributed by atoms with van der Waals surface area (Å²) in [4.78, 5) is 13.0. The summed E-state index contributed by atoms with van der Waals surface area (Å²) >= 11 is 0. The van der Waals surface area contributed by atoms with E-state index in [1.165, 1.54) is 26.4 Å². The van der Waals surface area contributed by atoms with Crippen LogP contribution in [0.1, 0.15) is 19.3 Å². The van der Waals surface area contributed by atoms with E-state index in [0.717, 1.165) is 12.5 Å². The molecule has 2 fully saturated rings. The normalized spacial score (nSPS) is 34.5. The van der Waals surface area contributed by atoms with Gasteiger partial charge in [-0.3, -0.25) is 0 Å². The predicted octanol–water partition coefficient (Wildman–Crippen LogP) is 1.24. The molecule has 1 aliphatic heterocycles. The molecule has 3 heteroatoms. The van der Waals surface area contributed by atoms with Crippen LogP contribution in [0, 0.1) is 5.92 Å². The maximum absolute atomic E-state index is 11.1. The number of piperidine rings is 1. The summed E-state index contributed by atoms with van der Waals surface area (Å²) < 4.78 is 4.67. The molecule has 0 aromatic heterocycles. The zero-order chi connectivity index (χ0) is 7.84. The van der Waals surface area contributed by atoms with Gasteiger partial charge in [-0.15, -0.1) is 0 Å². The number of ether oxygens (including phenoxy) is 1. The minimum absolute atomic E-state index is 0.141. The Labute approximate surface area is 66.3 Å². The zero-order valence-corrected chi connectivity index (χ0v) is 6.75. The van der Waals surface area contributed by atoms with Crippen molar-refractivity contribution < 1.29 is 9.53 Å². The average molecular weight is 155 g/mol. The lowest BCUT2D eigenvalue weighted by Crippen LogP contribution is -2.37. The fourth-order valence-corrected chi connectivity index (χ4v) is 2.27. The highest BCUT2D eigenvalue weighted by molar-refractivity contribution is 5.68. The van der Waals surface area contributed by atoms with Gasteiger partial charge in [-0.2, -0.15) is 0 Å². The summed E-state index contributed by atoms with van der Waals surface area (Å²) in [6.07, 6.45) is 3.55. The molecule has 1 heterocycles. The van der Waals surface area contributed by atoms with E-state index in [0.29, 0.717) is 6.04 Å². The number of fused-ring (bicyclic) bond motifs is 2. The van der Waals surface area contributed by atoms with Gasteiger partial charge in [0.05, 0.1) is 7.11 Å². The van der Waals surface area contributed by atoms with E-state index >= 15 is 0 Å². The molecule has 0 aromatic rings. The van der Waals surface area contributed by atoms with Gasteiger partial charge in [-0.1, -0.05) is 0 Å². The standard InChI is InChI=1S/C8H13NO2/c1-11-8(10)9-5-6-2-3-7(9)4-6/h6-7H,2-5H2,1H3. The summed E-state index contributed by atoms with van der Waals surface area (Å²) in [6, 6.07) is 0.493. The number of hydrogen-bond donors (Lipinski definition) is 0. The molecule has 2 unspecified atom stereocenters. The minimum Gasteiger partial charge on any atom is -0.453 e. The Morgan fingerprint density at radius 2 is 2.36 bits per heavy atom. The van der Waals surface area contributed by atoms with Crippen molar-refractivity contribution in [3.8, 4) is 0 Å². The predicted molar refractivity (Wildman–Crippen MR) is 40.2 cm³/mol. The van der Waals surface area contributed by atoms with E-state index in [9.17, 15) is 4.79 Å². The molecule has 0 spiro atoms. The Hall–Kier alpha value is -0.730. The topological polar surface area (TPSA) is 29.5 Å². The monoisotopic (exact) mass is 155 g/mol. The fourth-order valence-electron chi connectivity index (χ4n) is 2.27. The van der Waals surface area contributed by atoms with E-state index in [2.05, 4.69) is 4.74 Å². The van der Waals surface area contributed by atoms with Crippen LogP contribution >= 0.6 is 0 Å². The third-order valence-corrected chi connectivity index (χ3v) is 2.82. The average Bonchev–Trinajstić information content (AvgIpc) is 2.62. The SMILES string of the molecule is COC(=O)N1CC2CCC1C2. The number of carbonyl (C=O) groups excluding carboxylic acids is 1. The van der Waals surface area contributed by atoms with Crippen LogP contribution in [0.3, 0.4) is 0 Å². The quantitative estimate of drug-likeness (QED) is 0.526. The first-order valence-electron chi connectivity index (χ1n) is 4.16. The maximum Gasteiger partial charge on any atom is 0.409 e. The summed E-state index contributed by atoms with van der Waals surface area (Å²) in [6.45, 7) is 0.928. The van der Waals surface area contributed by atoms with Crippen molar-refractivity contribution in [3.05, 3.63) is 0 Å². The van der Waals surface area contributed by atoms with Crippen LogP contribution in [0.15, 0.2) is 0 Å². The highest BCUT2D eigenvalue weighted by atomic mass is 16.5. The molecule has 3 nitrogen and oxygen atoms in total. The van der Waals surface area contributed by atoms with Crippen LogP contribution in [0.25, 0.3) is 0 Å².